The first-order chi connectivity index (χ1) is 17.1. The van der Waals surface area contributed by atoms with Crippen LogP contribution in [-0.4, -0.2) is 59.6 Å². The number of benzene rings is 1. The number of likely N-dealkylation sites (tertiary alicyclic amines) is 1. The number of carbonyl (C=O) groups is 2. The van der Waals surface area contributed by atoms with Crippen molar-refractivity contribution in [3.8, 4) is 0 Å². The summed E-state index contributed by atoms with van der Waals surface area (Å²) in [6.07, 6.45) is 10.6. The maximum absolute atomic E-state index is 13.3. The van der Waals surface area contributed by atoms with E-state index < -0.39 is 0 Å². The lowest BCUT2D eigenvalue weighted by Crippen LogP contribution is -2.49. The molecule has 1 aromatic rings. The van der Waals surface area contributed by atoms with Crippen molar-refractivity contribution in [2.24, 2.45) is 16.8 Å². The second-order valence-electron chi connectivity index (χ2n) is 10.5. The van der Waals surface area contributed by atoms with E-state index >= 15 is 0 Å². The van der Waals surface area contributed by atoms with Crippen LogP contribution in [0.15, 0.2) is 34.2 Å². The summed E-state index contributed by atoms with van der Waals surface area (Å²) in [6.45, 7) is 3.51. The summed E-state index contributed by atoms with van der Waals surface area (Å²) in [4.78, 5) is 33.8. The van der Waals surface area contributed by atoms with Crippen LogP contribution >= 0.6 is 11.8 Å². The molecule has 2 aliphatic carbocycles. The van der Waals surface area contributed by atoms with Crippen LogP contribution in [0.5, 0.6) is 0 Å². The molecule has 1 aromatic carbocycles. The van der Waals surface area contributed by atoms with E-state index in [1.54, 1.807) is 4.90 Å². The maximum atomic E-state index is 13.3. The molecule has 2 aliphatic heterocycles. The Morgan fingerprint density at radius 2 is 1.83 bits per heavy atom. The number of nitrogens with zero attached hydrogens (tertiary/aromatic N) is 2. The van der Waals surface area contributed by atoms with Crippen molar-refractivity contribution in [3.63, 3.8) is 0 Å². The highest BCUT2D eigenvalue weighted by Crippen LogP contribution is 2.43. The third kappa shape index (κ3) is 5.71. The molecule has 1 saturated heterocycles. The van der Waals surface area contributed by atoms with Crippen LogP contribution in [0, 0.1) is 11.8 Å². The Morgan fingerprint density at radius 1 is 1.06 bits per heavy atom. The highest BCUT2D eigenvalue weighted by Gasteiger charge is 2.38. The number of carbonyl (C=O) groups excluding carboxylic acids is 2. The topological polar surface area (TPSA) is 71.0 Å². The Kier molecular flexibility index (Phi) is 8.01. The SMILES string of the molecule is CCOC(=O)N1CCC(NC(=O)[C@@H]2CCC3Sc4ccccc4C(C4CCCCC4)=NC3C2)CC1. The minimum absolute atomic E-state index is 0.0255. The summed E-state index contributed by atoms with van der Waals surface area (Å²) < 4.78 is 5.11. The van der Waals surface area contributed by atoms with Crippen LogP contribution in [0.2, 0.25) is 0 Å². The highest BCUT2D eigenvalue weighted by molar-refractivity contribution is 8.00. The fourth-order valence-electron chi connectivity index (χ4n) is 6.26. The van der Waals surface area contributed by atoms with Crippen LogP contribution in [0.1, 0.15) is 76.7 Å². The molecule has 7 heteroatoms. The van der Waals surface area contributed by atoms with Gasteiger partial charge in [0, 0.05) is 52.4 Å². The molecule has 3 atom stereocenters. The molecule has 2 heterocycles. The first kappa shape index (κ1) is 24.7. The molecule has 190 valence electrons. The number of piperidine rings is 1. The Hall–Kier alpha value is -2.02. The van der Waals surface area contributed by atoms with Crippen LogP contribution < -0.4 is 5.32 Å². The number of thioether (sulfide) groups is 1. The van der Waals surface area contributed by atoms with Gasteiger partial charge in [-0.2, -0.15) is 0 Å². The predicted octanol–water partition coefficient (Wildman–Crippen LogP) is 5.44. The molecule has 2 amide bonds. The molecule has 0 bridgehead atoms. The number of amides is 2. The Labute approximate surface area is 213 Å². The standard InChI is InChI=1S/C28H39N3O3S/c1-2-34-28(33)31-16-14-21(15-17-31)29-27(32)20-12-13-25-23(18-20)30-26(19-8-4-3-5-9-19)22-10-6-7-11-24(22)35-25/h6-7,10-11,19-21,23,25H,2-5,8-9,12-18H2,1H3,(H,29,32)/t20-,23?,25?/m1/s1. The average Bonchev–Trinajstić information content (AvgIpc) is 3.06. The summed E-state index contributed by atoms with van der Waals surface area (Å²) in [5.74, 6) is 0.764. The van der Waals surface area contributed by atoms with Crippen molar-refractivity contribution in [1.29, 1.82) is 0 Å². The summed E-state index contributed by atoms with van der Waals surface area (Å²) >= 11 is 1.99. The lowest BCUT2D eigenvalue weighted by molar-refractivity contribution is -0.127. The third-order valence-electron chi connectivity index (χ3n) is 8.23. The van der Waals surface area contributed by atoms with Crippen molar-refractivity contribution >= 4 is 29.5 Å². The van der Waals surface area contributed by atoms with Gasteiger partial charge in [-0.15, -0.1) is 11.8 Å². The largest absolute Gasteiger partial charge is 0.450 e. The summed E-state index contributed by atoms with van der Waals surface area (Å²) in [5, 5.41) is 3.76. The number of nitrogens with one attached hydrogen (secondary N) is 1. The molecule has 2 unspecified atom stereocenters. The molecular formula is C28H39N3O3S. The molecule has 3 fully saturated rings. The molecule has 35 heavy (non-hydrogen) atoms. The van der Waals surface area contributed by atoms with Gasteiger partial charge in [0.05, 0.1) is 12.6 Å². The molecule has 0 radical (unpaired) electrons. The monoisotopic (exact) mass is 497 g/mol. The summed E-state index contributed by atoms with van der Waals surface area (Å²) in [5.41, 5.74) is 2.65. The lowest BCUT2D eigenvalue weighted by atomic mass is 9.81. The van der Waals surface area contributed by atoms with E-state index in [4.69, 9.17) is 9.73 Å². The minimum atomic E-state index is -0.242. The Bertz CT molecular complexity index is 937. The van der Waals surface area contributed by atoms with Gasteiger partial charge in [-0.3, -0.25) is 9.79 Å². The number of rotatable bonds is 4. The van der Waals surface area contributed by atoms with Gasteiger partial charge >= 0.3 is 6.09 Å². The van der Waals surface area contributed by atoms with Crippen molar-refractivity contribution in [1.82, 2.24) is 10.2 Å². The van der Waals surface area contributed by atoms with E-state index in [9.17, 15) is 9.59 Å². The first-order valence-electron chi connectivity index (χ1n) is 13.7. The maximum Gasteiger partial charge on any atom is 0.409 e. The lowest BCUT2D eigenvalue weighted by Gasteiger charge is -2.35. The second kappa shape index (κ2) is 11.4. The Morgan fingerprint density at radius 3 is 2.60 bits per heavy atom. The van der Waals surface area contributed by atoms with Gasteiger partial charge in [0.2, 0.25) is 5.91 Å². The number of ether oxygens (including phenoxy) is 1. The van der Waals surface area contributed by atoms with E-state index in [1.165, 1.54) is 48.3 Å². The fraction of sp³-hybridized carbons (Fsp3) is 0.679. The summed E-state index contributed by atoms with van der Waals surface area (Å²) in [7, 11) is 0. The second-order valence-corrected chi connectivity index (χ2v) is 11.8. The molecule has 5 rings (SSSR count). The van der Waals surface area contributed by atoms with Crippen molar-refractivity contribution in [2.75, 3.05) is 19.7 Å². The zero-order chi connectivity index (χ0) is 24.2. The average molecular weight is 498 g/mol. The normalized spacial score (nSPS) is 27.7. The van der Waals surface area contributed by atoms with Gasteiger partial charge in [0.25, 0.3) is 0 Å². The molecule has 0 aromatic heterocycles. The van der Waals surface area contributed by atoms with Crippen molar-refractivity contribution < 1.29 is 14.3 Å². The van der Waals surface area contributed by atoms with Crippen LogP contribution in [0.25, 0.3) is 0 Å². The van der Waals surface area contributed by atoms with E-state index in [2.05, 4.69) is 29.6 Å². The predicted molar refractivity (Wildman–Crippen MR) is 140 cm³/mol. The van der Waals surface area contributed by atoms with Crippen molar-refractivity contribution in [2.45, 2.75) is 93.4 Å². The molecule has 1 N–H and O–H groups in total. The van der Waals surface area contributed by atoms with Crippen LogP contribution in [0.4, 0.5) is 4.79 Å². The molecular weight excluding hydrogens is 458 g/mol. The quantitative estimate of drug-likeness (QED) is 0.602. The number of hydrogen-bond donors (Lipinski definition) is 1. The van der Waals surface area contributed by atoms with E-state index in [-0.39, 0.29) is 30.0 Å². The molecule has 4 aliphatic rings. The van der Waals surface area contributed by atoms with Gasteiger partial charge in [0.15, 0.2) is 0 Å². The highest BCUT2D eigenvalue weighted by atomic mass is 32.2. The number of fused-ring (bicyclic) bond motifs is 2. The molecule has 2 saturated carbocycles. The Balaban J connectivity index is 1.24. The first-order valence-corrected chi connectivity index (χ1v) is 14.6. The van der Waals surface area contributed by atoms with E-state index in [1.807, 2.05) is 18.7 Å². The zero-order valence-corrected chi connectivity index (χ0v) is 21.7. The smallest absolute Gasteiger partial charge is 0.409 e. The molecule has 6 nitrogen and oxygen atoms in total. The van der Waals surface area contributed by atoms with Gasteiger partial charge < -0.3 is 15.0 Å². The van der Waals surface area contributed by atoms with Gasteiger partial charge in [-0.25, -0.2) is 4.79 Å². The van der Waals surface area contributed by atoms with E-state index in [0.29, 0.717) is 30.9 Å². The van der Waals surface area contributed by atoms with Gasteiger partial charge in [-0.05, 0) is 57.9 Å². The van der Waals surface area contributed by atoms with Crippen LogP contribution in [-0.2, 0) is 9.53 Å². The van der Waals surface area contributed by atoms with Gasteiger partial charge in [0.1, 0.15) is 0 Å². The third-order valence-corrected chi connectivity index (χ3v) is 9.69. The minimum Gasteiger partial charge on any atom is -0.450 e. The van der Waals surface area contributed by atoms with Crippen LogP contribution in [0.3, 0.4) is 0 Å². The number of aliphatic imine (C=N–C) groups is 1. The zero-order valence-electron chi connectivity index (χ0n) is 20.9. The molecule has 0 spiro atoms. The van der Waals surface area contributed by atoms with Crippen molar-refractivity contribution in [3.05, 3.63) is 29.8 Å². The fourth-order valence-corrected chi connectivity index (χ4v) is 7.63. The van der Waals surface area contributed by atoms with E-state index in [0.717, 1.165) is 32.1 Å². The van der Waals surface area contributed by atoms with Gasteiger partial charge in [-0.1, -0.05) is 37.5 Å². The summed E-state index contributed by atoms with van der Waals surface area (Å²) in [6, 6.07) is 9.18. The number of hydrogen-bond acceptors (Lipinski definition) is 5.